The van der Waals surface area contributed by atoms with Crippen molar-refractivity contribution in [2.75, 3.05) is 13.7 Å². The summed E-state index contributed by atoms with van der Waals surface area (Å²) in [4.78, 5) is 16.5. The summed E-state index contributed by atoms with van der Waals surface area (Å²) in [5.41, 5.74) is 2.39. The number of aliphatic hydroxyl groups excluding tert-OH is 1. The standard InChI is InChI=1S/C21H24N2O4/c1-3-13-10-21(20(25)27-2)11-14(18(13)24)12-23(26)9-8-16-15-6-4-5-7-17(15)22-19(16)21/h4-7,10,12,14,18,22,24H,3,8-9,11H2,1-2H3/b23-12-. The maximum Gasteiger partial charge on any atom is 0.321 e. The average Bonchev–Trinajstić information content (AvgIpc) is 3.07. The van der Waals surface area contributed by atoms with Crippen molar-refractivity contribution in [1.29, 1.82) is 0 Å². The van der Waals surface area contributed by atoms with Gasteiger partial charge in [-0.25, -0.2) is 4.74 Å². The van der Waals surface area contributed by atoms with E-state index in [-0.39, 0.29) is 12.5 Å². The summed E-state index contributed by atoms with van der Waals surface area (Å²) in [6.07, 6.45) is 4.02. The zero-order valence-corrected chi connectivity index (χ0v) is 15.6. The molecule has 1 aliphatic heterocycles. The first kappa shape index (κ1) is 17.8. The number of methoxy groups -OCH3 is 1. The molecule has 6 nitrogen and oxygen atoms in total. The Morgan fingerprint density at radius 2 is 2.22 bits per heavy atom. The number of H-pyrrole nitrogens is 1. The number of ether oxygens (including phenoxy) is 1. The largest absolute Gasteiger partial charge is 0.624 e. The van der Waals surface area contributed by atoms with Gasteiger partial charge < -0.3 is 20.0 Å². The van der Waals surface area contributed by atoms with Crippen molar-refractivity contribution in [3.8, 4) is 0 Å². The van der Waals surface area contributed by atoms with Crippen molar-refractivity contribution in [2.45, 2.75) is 37.7 Å². The Labute approximate surface area is 157 Å². The summed E-state index contributed by atoms with van der Waals surface area (Å²) < 4.78 is 6.11. The van der Waals surface area contributed by atoms with Gasteiger partial charge in [0.15, 0.2) is 12.8 Å². The number of hydrogen-bond donors (Lipinski definition) is 2. The molecule has 2 N–H and O–H groups in total. The maximum absolute atomic E-state index is 13.1. The minimum absolute atomic E-state index is 0.275. The molecule has 0 amide bonds. The summed E-state index contributed by atoms with van der Waals surface area (Å²) >= 11 is 0. The fourth-order valence-corrected chi connectivity index (χ4v) is 4.62. The summed E-state index contributed by atoms with van der Waals surface area (Å²) in [5, 5.41) is 24.2. The van der Waals surface area contributed by atoms with Crippen LogP contribution in [0.3, 0.4) is 0 Å². The predicted molar refractivity (Wildman–Crippen MR) is 103 cm³/mol. The predicted octanol–water partition coefficient (Wildman–Crippen LogP) is 2.43. The van der Waals surface area contributed by atoms with Crippen molar-refractivity contribution < 1.29 is 19.4 Å². The van der Waals surface area contributed by atoms with Gasteiger partial charge in [0.1, 0.15) is 5.41 Å². The van der Waals surface area contributed by atoms with E-state index in [0.29, 0.717) is 19.3 Å². The molecule has 1 aromatic carbocycles. The number of para-hydroxylation sites is 1. The molecule has 1 aromatic heterocycles. The average molecular weight is 368 g/mol. The van der Waals surface area contributed by atoms with Gasteiger partial charge in [-0.1, -0.05) is 31.2 Å². The minimum Gasteiger partial charge on any atom is -0.624 e. The molecular weight excluding hydrogens is 344 g/mol. The van der Waals surface area contributed by atoms with E-state index in [0.717, 1.165) is 32.5 Å². The normalized spacial score (nSPS) is 29.6. The van der Waals surface area contributed by atoms with Crippen LogP contribution >= 0.6 is 0 Å². The number of nitrogens with zero attached hydrogens (tertiary/aromatic N) is 1. The second kappa shape index (κ2) is 6.53. The van der Waals surface area contributed by atoms with Crippen molar-refractivity contribution in [3.63, 3.8) is 0 Å². The summed E-state index contributed by atoms with van der Waals surface area (Å²) in [7, 11) is 1.38. The number of aliphatic hydroxyl groups is 1. The van der Waals surface area contributed by atoms with E-state index in [4.69, 9.17) is 4.74 Å². The number of nitrogens with one attached hydrogen (secondary N) is 1. The molecule has 6 heteroatoms. The SMILES string of the molecule is CCC1=CC2(C(=O)OC)CC(/C=[N+](\[O-])CCc3c2[nH]c2ccccc32)C1O. The van der Waals surface area contributed by atoms with E-state index >= 15 is 0 Å². The molecule has 2 heterocycles. The quantitative estimate of drug-likeness (QED) is 0.369. The van der Waals surface area contributed by atoms with Gasteiger partial charge in [-0.3, -0.25) is 4.79 Å². The van der Waals surface area contributed by atoms with Gasteiger partial charge in [0.05, 0.1) is 19.1 Å². The minimum atomic E-state index is -1.04. The van der Waals surface area contributed by atoms with Crippen LogP contribution in [0.15, 0.2) is 35.9 Å². The number of hydroxylamine groups is 1. The number of carbonyl (C=O) groups is 1. The van der Waals surface area contributed by atoms with Crippen LogP contribution in [0.25, 0.3) is 10.9 Å². The molecule has 3 atom stereocenters. The Morgan fingerprint density at radius 1 is 1.44 bits per heavy atom. The van der Waals surface area contributed by atoms with Gasteiger partial charge in [-0.15, -0.1) is 0 Å². The second-order valence-corrected chi connectivity index (χ2v) is 7.41. The number of esters is 1. The molecule has 0 radical (unpaired) electrons. The van der Waals surface area contributed by atoms with Gasteiger partial charge >= 0.3 is 5.97 Å². The molecule has 0 saturated heterocycles. The molecule has 0 saturated carbocycles. The highest BCUT2D eigenvalue weighted by molar-refractivity contribution is 5.92. The van der Waals surface area contributed by atoms with Crippen LogP contribution < -0.4 is 0 Å². The van der Waals surface area contributed by atoms with Gasteiger partial charge in [-0.05, 0) is 30.0 Å². The summed E-state index contributed by atoms with van der Waals surface area (Å²) in [6, 6.07) is 7.87. The topological polar surface area (TPSA) is 88.4 Å². The number of hydrogen-bond acceptors (Lipinski definition) is 4. The molecule has 2 aromatic rings. The van der Waals surface area contributed by atoms with Crippen molar-refractivity contribution in [2.24, 2.45) is 5.92 Å². The van der Waals surface area contributed by atoms with Crippen molar-refractivity contribution in [3.05, 3.63) is 52.4 Å². The van der Waals surface area contributed by atoms with Crippen LogP contribution in [0.4, 0.5) is 0 Å². The van der Waals surface area contributed by atoms with E-state index < -0.39 is 17.4 Å². The fourth-order valence-electron chi connectivity index (χ4n) is 4.62. The molecule has 4 rings (SSSR count). The number of aromatic amines is 1. The van der Waals surface area contributed by atoms with E-state index in [1.165, 1.54) is 13.3 Å². The molecular formula is C21H24N2O4. The van der Waals surface area contributed by atoms with E-state index in [2.05, 4.69) is 4.98 Å². The fraction of sp³-hybridized carbons (Fsp3) is 0.429. The van der Waals surface area contributed by atoms with E-state index in [9.17, 15) is 15.1 Å². The molecule has 27 heavy (non-hydrogen) atoms. The number of aromatic nitrogens is 1. The number of benzene rings is 1. The lowest BCUT2D eigenvalue weighted by molar-refractivity contribution is -0.454. The van der Waals surface area contributed by atoms with Crippen LogP contribution in [-0.2, 0) is 21.4 Å². The molecule has 0 spiro atoms. The zero-order valence-electron chi connectivity index (χ0n) is 15.6. The van der Waals surface area contributed by atoms with Crippen LogP contribution in [0.5, 0.6) is 0 Å². The number of fused-ring (bicyclic) bond motifs is 6. The Bertz CT molecular complexity index is 958. The Kier molecular flexibility index (Phi) is 4.30. The third kappa shape index (κ3) is 2.67. The zero-order chi connectivity index (χ0) is 19.2. The maximum atomic E-state index is 13.1. The van der Waals surface area contributed by atoms with Crippen LogP contribution in [0.1, 0.15) is 31.0 Å². The smallest absolute Gasteiger partial charge is 0.321 e. The van der Waals surface area contributed by atoms with Gasteiger partial charge in [-0.2, -0.15) is 0 Å². The molecule has 2 aliphatic rings. The highest BCUT2D eigenvalue weighted by Gasteiger charge is 2.50. The van der Waals surface area contributed by atoms with Crippen LogP contribution in [-0.4, -0.2) is 46.8 Å². The Morgan fingerprint density at radius 3 is 2.96 bits per heavy atom. The van der Waals surface area contributed by atoms with Crippen LogP contribution in [0, 0.1) is 11.1 Å². The van der Waals surface area contributed by atoms with Gasteiger partial charge in [0.2, 0.25) is 0 Å². The first-order chi connectivity index (χ1) is 13.0. The van der Waals surface area contributed by atoms with E-state index in [1.807, 2.05) is 37.3 Å². The summed E-state index contributed by atoms with van der Waals surface area (Å²) in [6.45, 7) is 2.22. The molecule has 0 fully saturated rings. The van der Waals surface area contributed by atoms with E-state index in [1.54, 1.807) is 0 Å². The van der Waals surface area contributed by atoms with Crippen molar-refractivity contribution in [1.82, 2.24) is 4.98 Å². The first-order valence-electron chi connectivity index (χ1n) is 9.37. The second-order valence-electron chi connectivity index (χ2n) is 7.41. The lowest BCUT2D eigenvalue weighted by Crippen LogP contribution is -2.45. The van der Waals surface area contributed by atoms with Gasteiger partial charge in [0, 0.05) is 23.0 Å². The third-order valence-corrected chi connectivity index (χ3v) is 5.93. The molecule has 142 valence electrons. The Balaban J connectivity index is 2.07. The molecule has 1 aliphatic carbocycles. The molecule has 2 bridgehead atoms. The third-order valence-electron chi connectivity index (χ3n) is 5.93. The number of carbonyl (C=O) groups excluding carboxylic acids is 1. The lowest BCUT2D eigenvalue weighted by atomic mass is 9.67. The highest BCUT2D eigenvalue weighted by atomic mass is 16.5. The Hall–Kier alpha value is -2.60. The van der Waals surface area contributed by atoms with Crippen molar-refractivity contribution >= 4 is 23.1 Å². The molecule has 3 unspecified atom stereocenters. The first-order valence-corrected chi connectivity index (χ1v) is 9.37. The highest BCUT2D eigenvalue weighted by Crippen LogP contribution is 2.45. The van der Waals surface area contributed by atoms with Gasteiger partial charge in [0.25, 0.3) is 0 Å². The monoisotopic (exact) mass is 368 g/mol. The lowest BCUT2D eigenvalue weighted by Gasteiger charge is -2.37. The summed E-state index contributed by atoms with van der Waals surface area (Å²) in [5.74, 6) is -0.815. The van der Waals surface area contributed by atoms with Crippen LogP contribution in [0.2, 0.25) is 0 Å². The number of rotatable bonds is 2.